The van der Waals surface area contributed by atoms with Crippen molar-refractivity contribution in [1.29, 1.82) is 0 Å². The Kier molecular flexibility index (Phi) is 4.15. The van der Waals surface area contributed by atoms with E-state index in [1.54, 1.807) is 0 Å². The summed E-state index contributed by atoms with van der Waals surface area (Å²) in [5.41, 5.74) is 5.65. The lowest BCUT2D eigenvalue weighted by Crippen LogP contribution is -2.33. The van der Waals surface area contributed by atoms with Crippen LogP contribution in [-0.4, -0.2) is 44.5 Å². The van der Waals surface area contributed by atoms with Crippen molar-refractivity contribution < 1.29 is 23.1 Å². The lowest BCUT2D eigenvalue weighted by molar-refractivity contribution is -0.115. The number of rotatable bonds is 4. The van der Waals surface area contributed by atoms with E-state index in [-0.39, 0.29) is 16.9 Å². The van der Waals surface area contributed by atoms with Gasteiger partial charge in [-0.05, 0) is 18.2 Å². The van der Waals surface area contributed by atoms with E-state index < -0.39 is 27.5 Å². The van der Waals surface area contributed by atoms with Crippen LogP contribution in [0.2, 0.25) is 0 Å². The van der Waals surface area contributed by atoms with Gasteiger partial charge in [-0.15, -0.1) is 0 Å². The van der Waals surface area contributed by atoms with Crippen molar-refractivity contribution >= 4 is 33.1 Å². The van der Waals surface area contributed by atoms with Gasteiger partial charge < -0.3 is 15.7 Å². The molecule has 19 heavy (non-hydrogen) atoms. The Morgan fingerprint density at radius 1 is 1.37 bits per heavy atom. The summed E-state index contributed by atoms with van der Waals surface area (Å²) in [5, 5.41) is 9.04. The van der Waals surface area contributed by atoms with E-state index in [1.807, 2.05) is 0 Å². The molecule has 0 aliphatic rings. The van der Waals surface area contributed by atoms with Crippen LogP contribution in [0.1, 0.15) is 10.4 Å². The molecule has 1 aromatic rings. The molecule has 0 unspecified atom stereocenters. The minimum atomic E-state index is -3.48. The number of sulfone groups is 1. The maximum absolute atomic E-state index is 11.7. The van der Waals surface area contributed by atoms with Crippen molar-refractivity contribution in [2.75, 3.05) is 29.7 Å². The average molecular weight is 286 g/mol. The molecular formula is C11H14N2O5S. The van der Waals surface area contributed by atoms with Crippen LogP contribution in [-0.2, 0) is 14.6 Å². The lowest BCUT2D eigenvalue weighted by atomic mass is 10.1. The van der Waals surface area contributed by atoms with E-state index >= 15 is 0 Å². The number of anilines is 2. The molecule has 8 heteroatoms. The number of carbonyl (C=O) groups is 2. The molecular weight excluding hydrogens is 272 g/mol. The largest absolute Gasteiger partial charge is 0.478 e. The number of hydrogen-bond donors (Lipinski definition) is 2. The molecule has 0 saturated carbocycles. The Morgan fingerprint density at radius 2 is 1.95 bits per heavy atom. The van der Waals surface area contributed by atoms with Gasteiger partial charge in [0.15, 0.2) is 9.84 Å². The van der Waals surface area contributed by atoms with Crippen molar-refractivity contribution in [3.05, 3.63) is 23.8 Å². The zero-order valence-electron chi connectivity index (χ0n) is 10.5. The second kappa shape index (κ2) is 5.27. The van der Waals surface area contributed by atoms with Crippen molar-refractivity contribution in [3.63, 3.8) is 0 Å². The monoisotopic (exact) mass is 286 g/mol. The standard InChI is InChI=1S/C11H14N2O5S/c1-13(10(14)6-19(2,17)18)9-4-3-7(12)5-8(9)11(15)16/h3-5H,6,12H2,1-2H3,(H,15,16). The number of nitrogen functional groups attached to an aromatic ring is 1. The maximum atomic E-state index is 11.7. The lowest BCUT2D eigenvalue weighted by Gasteiger charge is -2.19. The normalized spacial score (nSPS) is 11.1. The number of nitrogens with zero attached hydrogens (tertiary/aromatic N) is 1. The molecule has 7 nitrogen and oxygen atoms in total. The average Bonchev–Trinajstić information content (AvgIpc) is 2.25. The number of hydrogen-bond acceptors (Lipinski definition) is 5. The van der Waals surface area contributed by atoms with E-state index in [4.69, 9.17) is 10.8 Å². The number of amides is 1. The van der Waals surface area contributed by atoms with E-state index in [2.05, 4.69) is 0 Å². The highest BCUT2D eigenvalue weighted by molar-refractivity contribution is 7.91. The highest BCUT2D eigenvalue weighted by Crippen LogP contribution is 2.22. The summed E-state index contributed by atoms with van der Waals surface area (Å²) in [6.45, 7) is 0. The third-order valence-electron chi connectivity index (χ3n) is 2.37. The maximum Gasteiger partial charge on any atom is 0.337 e. The molecule has 1 rings (SSSR count). The highest BCUT2D eigenvalue weighted by atomic mass is 32.2. The van der Waals surface area contributed by atoms with Crippen LogP contribution >= 0.6 is 0 Å². The van der Waals surface area contributed by atoms with Crippen LogP contribution in [0.15, 0.2) is 18.2 Å². The molecule has 0 bridgehead atoms. The van der Waals surface area contributed by atoms with Crippen LogP contribution in [0.3, 0.4) is 0 Å². The second-order valence-corrected chi connectivity index (χ2v) is 6.24. The molecule has 0 saturated heterocycles. The molecule has 0 aliphatic heterocycles. The van der Waals surface area contributed by atoms with Crippen LogP contribution in [0, 0.1) is 0 Å². The smallest absolute Gasteiger partial charge is 0.337 e. The van der Waals surface area contributed by atoms with E-state index in [9.17, 15) is 18.0 Å². The topological polar surface area (TPSA) is 118 Å². The molecule has 0 fully saturated rings. The second-order valence-electron chi connectivity index (χ2n) is 4.10. The van der Waals surface area contributed by atoms with Gasteiger partial charge in [0.2, 0.25) is 5.91 Å². The summed E-state index contributed by atoms with van der Waals surface area (Å²) in [6, 6.07) is 4.01. The zero-order chi connectivity index (χ0) is 14.8. The molecule has 1 aromatic carbocycles. The molecule has 0 aliphatic carbocycles. The summed E-state index contributed by atoms with van der Waals surface area (Å²) < 4.78 is 22.1. The fraction of sp³-hybridized carbons (Fsp3) is 0.273. The van der Waals surface area contributed by atoms with Crippen LogP contribution < -0.4 is 10.6 Å². The van der Waals surface area contributed by atoms with Crippen molar-refractivity contribution in [2.24, 2.45) is 0 Å². The van der Waals surface area contributed by atoms with Gasteiger partial charge in [-0.1, -0.05) is 0 Å². The molecule has 104 valence electrons. The number of nitrogens with two attached hydrogens (primary N) is 1. The van der Waals surface area contributed by atoms with Gasteiger partial charge in [0.05, 0.1) is 11.3 Å². The first-order valence-electron chi connectivity index (χ1n) is 5.19. The van der Waals surface area contributed by atoms with Crippen LogP contribution in [0.5, 0.6) is 0 Å². The number of carbonyl (C=O) groups excluding carboxylic acids is 1. The third kappa shape index (κ3) is 3.95. The van der Waals surface area contributed by atoms with Gasteiger partial charge in [-0.3, -0.25) is 4.79 Å². The Labute approximate surface area is 110 Å². The van der Waals surface area contributed by atoms with Gasteiger partial charge >= 0.3 is 5.97 Å². The first-order valence-corrected chi connectivity index (χ1v) is 7.25. The van der Waals surface area contributed by atoms with Gasteiger partial charge in [0.1, 0.15) is 5.75 Å². The van der Waals surface area contributed by atoms with Crippen LogP contribution in [0.25, 0.3) is 0 Å². The van der Waals surface area contributed by atoms with Gasteiger partial charge in [-0.25, -0.2) is 13.2 Å². The molecule has 3 N–H and O–H groups in total. The van der Waals surface area contributed by atoms with E-state index in [1.165, 1.54) is 25.2 Å². The molecule has 0 atom stereocenters. The van der Waals surface area contributed by atoms with Gasteiger partial charge in [0.25, 0.3) is 0 Å². The number of carboxylic acids is 1. The minimum absolute atomic E-state index is 0.0929. The Bertz CT molecular complexity index is 624. The third-order valence-corrected chi connectivity index (χ3v) is 3.14. The van der Waals surface area contributed by atoms with Crippen molar-refractivity contribution in [1.82, 2.24) is 0 Å². The number of benzene rings is 1. The fourth-order valence-electron chi connectivity index (χ4n) is 1.47. The SMILES string of the molecule is CN(C(=O)CS(C)(=O)=O)c1ccc(N)cc1C(=O)O. The fourth-order valence-corrected chi connectivity index (χ4v) is 2.12. The minimum Gasteiger partial charge on any atom is -0.478 e. The van der Waals surface area contributed by atoms with Crippen LogP contribution in [0.4, 0.5) is 11.4 Å². The van der Waals surface area contributed by atoms with E-state index in [0.29, 0.717) is 0 Å². The molecule has 0 aromatic heterocycles. The summed E-state index contributed by atoms with van der Waals surface area (Å²) in [4.78, 5) is 23.8. The summed E-state index contributed by atoms with van der Waals surface area (Å²) >= 11 is 0. The summed E-state index contributed by atoms with van der Waals surface area (Å²) in [6.07, 6.45) is 0.930. The van der Waals surface area contributed by atoms with E-state index in [0.717, 1.165) is 11.2 Å². The zero-order valence-corrected chi connectivity index (χ0v) is 11.3. The first kappa shape index (κ1) is 15.0. The summed E-state index contributed by atoms with van der Waals surface area (Å²) in [7, 11) is -2.17. The molecule has 1 amide bonds. The first-order chi connectivity index (χ1) is 8.61. The van der Waals surface area contributed by atoms with Gasteiger partial charge in [-0.2, -0.15) is 0 Å². The Morgan fingerprint density at radius 3 is 2.42 bits per heavy atom. The number of carboxylic acid groups (broad SMARTS) is 1. The van der Waals surface area contributed by atoms with Gasteiger partial charge in [0, 0.05) is 19.0 Å². The quantitative estimate of drug-likeness (QED) is 0.751. The van der Waals surface area contributed by atoms with Crippen molar-refractivity contribution in [2.45, 2.75) is 0 Å². The highest BCUT2D eigenvalue weighted by Gasteiger charge is 2.21. The van der Waals surface area contributed by atoms with Crippen molar-refractivity contribution in [3.8, 4) is 0 Å². The molecule has 0 spiro atoms. The Hall–Kier alpha value is -2.09. The Balaban J connectivity index is 3.16. The summed E-state index contributed by atoms with van der Waals surface area (Å²) in [5.74, 6) is -2.65. The predicted octanol–water partition coefficient (Wildman–Crippen LogP) is -0.0256. The predicted molar refractivity (Wildman–Crippen MR) is 70.9 cm³/mol. The molecule has 0 radical (unpaired) electrons. The number of aromatic carboxylic acids is 1. The molecule has 0 heterocycles.